The van der Waals surface area contributed by atoms with E-state index in [1.165, 1.54) is 11.3 Å². The van der Waals surface area contributed by atoms with Crippen molar-refractivity contribution in [2.75, 3.05) is 41.3 Å². The first-order valence-corrected chi connectivity index (χ1v) is 8.57. The minimum Gasteiger partial charge on any atom is -0.368 e. The summed E-state index contributed by atoms with van der Waals surface area (Å²) in [6.45, 7) is 12.5. The van der Waals surface area contributed by atoms with Crippen LogP contribution < -0.4 is 15.1 Å². The van der Waals surface area contributed by atoms with Gasteiger partial charge in [0.15, 0.2) is 0 Å². The van der Waals surface area contributed by atoms with E-state index in [-0.39, 0.29) is 5.54 Å². The quantitative estimate of drug-likeness (QED) is 0.938. The third-order valence-corrected chi connectivity index (χ3v) is 4.13. The second-order valence-corrected chi connectivity index (χ2v) is 7.45. The van der Waals surface area contributed by atoms with Gasteiger partial charge in [0.05, 0.1) is 0 Å². The second kappa shape index (κ2) is 6.67. The molecule has 0 radical (unpaired) electrons. The minimum atomic E-state index is -0.00447. The Labute approximate surface area is 144 Å². The molecule has 0 unspecified atom stereocenters. The Morgan fingerprint density at radius 3 is 2.33 bits per heavy atom. The van der Waals surface area contributed by atoms with Gasteiger partial charge < -0.3 is 15.1 Å². The summed E-state index contributed by atoms with van der Waals surface area (Å²) in [5.41, 5.74) is 2.62. The summed E-state index contributed by atoms with van der Waals surface area (Å²) in [5, 5.41) is 3.41. The van der Waals surface area contributed by atoms with E-state index in [4.69, 9.17) is 0 Å². The Hall–Kier alpha value is -2.30. The van der Waals surface area contributed by atoms with Crippen molar-refractivity contribution in [3.05, 3.63) is 42.2 Å². The van der Waals surface area contributed by atoms with Crippen molar-refractivity contribution in [2.24, 2.45) is 0 Å². The Kier molecular flexibility index (Phi) is 4.60. The van der Waals surface area contributed by atoms with Gasteiger partial charge in [0, 0.05) is 43.5 Å². The van der Waals surface area contributed by atoms with Gasteiger partial charge in [-0.15, -0.1) is 0 Å². The molecule has 1 fully saturated rings. The predicted molar refractivity (Wildman–Crippen MR) is 101 cm³/mol. The van der Waals surface area contributed by atoms with Crippen LogP contribution in [0.15, 0.2) is 36.7 Å². The van der Waals surface area contributed by atoms with Crippen LogP contribution in [0.1, 0.15) is 26.3 Å². The zero-order chi connectivity index (χ0) is 17.2. The van der Waals surface area contributed by atoms with E-state index in [0.29, 0.717) is 0 Å². The largest absolute Gasteiger partial charge is 0.368 e. The van der Waals surface area contributed by atoms with Crippen LogP contribution in [0.25, 0.3) is 0 Å². The lowest BCUT2D eigenvalue weighted by molar-refractivity contribution is 0.627. The molecule has 2 heterocycles. The maximum Gasteiger partial charge on any atom is 0.134 e. The molecule has 128 valence electrons. The van der Waals surface area contributed by atoms with Gasteiger partial charge in [-0.25, -0.2) is 9.97 Å². The highest BCUT2D eigenvalue weighted by molar-refractivity contribution is 5.53. The van der Waals surface area contributed by atoms with Crippen molar-refractivity contribution < 1.29 is 0 Å². The molecule has 0 atom stereocenters. The van der Waals surface area contributed by atoms with E-state index in [1.807, 2.05) is 6.07 Å². The Morgan fingerprint density at radius 2 is 1.67 bits per heavy atom. The highest BCUT2D eigenvalue weighted by Gasteiger charge is 2.19. The maximum absolute atomic E-state index is 4.46. The number of rotatable bonds is 3. The van der Waals surface area contributed by atoms with E-state index in [9.17, 15) is 0 Å². The number of hydrogen-bond acceptors (Lipinski definition) is 5. The molecule has 5 heteroatoms. The molecular weight excluding hydrogens is 298 g/mol. The van der Waals surface area contributed by atoms with Crippen molar-refractivity contribution in [1.82, 2.24) is 9.97 Å². The summed E-state index contributed by atoms with van der Waals surface area (Å²) in [6, 6.07) is 10.8. The summed E-state index contributed by atoms with van der Waals surface area (Å²) in [5.74, 6) is 1.88. The zero-order valence-electron chi connectivity index (χ0n) is 15.1. The van der Waals surface area contributed by atoms with E-state index >= 15 is 0 Å². The Balaban J connectivity index is 1.65. The molecule has 1 N–H and O–H groups in total. The van der Waals surface area contributed by atoms with Gasteiger partial charge >= 0.3 is 0 Å². The normalized spacial score (nSPS) is 15.5. The molecule has 1 aliphatic heterocycles. The first kappa shape index (κ1) is 16.6. The van der Waals surface area contributed by atoms with Crippen LogP contribution in [0.3, 0.4) is 0 Å². The van der Waals surface area contributed by atoms with Gasteiger partial charge in [0.25, 0.3) is 0 Å². The molecular formula is C19H27N5. The van der Waals surface area contributed by atoms with E-state index < -0.39 is 0 Å². The molecule has 0 bridgehead atoms. The zero-order valence-corrected chi connectivity index (χ0v) is 15.1. The van der Waals surface area contributed by atoms with Crippen LogP contribution in [0.4, 0.5) is 17.3 Å². The number of nitrogens with one attached hydrogen (secondary N) is 1. The highest BCUT2D eigenvalue weighted by atomic mass is 15.3. The molecule has 5 nitrogen and oxygen atoms in total. The third kappa shape index (κ3) is 4.16. The average molecular weight is 325 g/mol. The lowest BCUT2D eigenvalue weighted by Gasteiger charge is -2.37. The van der Waals surface area contributed by atoms with Gasteiger partial charge in [-0.1, -0.05) is 12.1 Å². The number of nitrogens with zero attached hydrogens (tertiary/aromatic N) is 4. The van der Waals surface area contributed by atoms with Crippen molar-refractivity contribution in [3.63, 3.8) is 0 Å². The van der Waals surface area contributed by atoms with Gasteiger partial charge in [0.2, 0.25) is 0 Å². The number of hydrogen-bond donors (Lipinski definition) is 1. The van der Waals surface area contributed by atoms with Crippen molar-refractivity contribution in [1.29, 1.82) is 0 Å². The molecule has 2 aromatic rings. The predicted octanol–water partition coefficient (Wildman–Crippen LogP) is 3.32. The molecule has 1 aromatic heterocycles. The van der Waals surface area contributed by atoms with E-state index in [0.717, 1.165) is 37.8 Å². The van der Waals surface area contributed by atoms with Gasteiger partial charge in [-0.3, -0.25) is 0 Å². The molecule has 0 spiro atoms. The molecule has 1 saturated heterocycles. The standard InChI is InChI=1S/C19H27N5/c1-15-6-5-7-16(12-15)23-8-10-24(11-9-23)18-13-17(20-14-21-18)22-19(2,3)4/h5-7,12-14H,8-11H2,1-4H3,(H,20,21,22). The topological polar surface area (TPSA) is 44.3 Å². The van der Waals surface area contributed by atoms with Crippen molar-refractivity contribution in [2.45, 2.75) is 33.2 Å². The Morgan fingerprint density at radius 1 is 0.958 bits per heavy atom. The molecule has 24 heavy (non-hydrogen) atoms. The summed E-state index contributed by atoms with van der Waals surface area (Å²) in [4.78, 5) is 13.6. The fraction of sp³-hybridized carbons (Fsp3) is 0.474. The lowest BCUT2D eigenvalue weighted by Crippen LogP contribution is -2.46. The van der Waals surface area contributed by atoms with Crippen LogP contribution in [0, 0.1) is 6.92 Å². The monoisotopic (exact) mass is 325 g/mol. The first-order chi connectivity index (χ1) is 11.4. The lowest BCUT2D eigenvalue weighted by atomic mass is 10.1. The van der Waals surface area contributed by atoms with Crippen LogP contribution in [-0.2, 0) is 0 Å². The second-order valence-electron chi connectivity index (χ2n) is 7.45. The number of piperazine rings is 1. The smallest absolute Gasteiger partial charge is 0.134 e. The average Bonchev–Trinajstić information content (AvgIpc) is 2.54. The van der Waals surface area contributed by atoms with Gasteiger partial charge in [-0.2, -0.15) is 0 Å². The third-order valence-electron chi connectivity index (χ3n) is 4.13. The van der Waals surface area contributed by atoms with Crippen molar-refractivity contribution in [3.8, 4) is 0 Å². The van der Waals surface area contributed by atoms with E-state index in [2.05, 4.69) is 77.0 Å². The summed E-state index contributed by atoms with van der Waals surface area (Å²) in [6.07, 6.45) is 1.65. The molecule has 0 amide bonds. The number of aromatic nitrogens is 2. The molecule has 1 aromatic carbocycles. The fourth-order valence-electron chi connectivity index (χ4n) is 2.99. The van der Waals surface area contributed by atoms with Crippen LogP contribution in [0.2, 0.25) is 0 Å². The highest BCUT2D eigenvalue weighted by Crippen LogP contribution is 2.22. The molecule has 3 rings (SSSR count). The van der Waals surface area contributed by atoms with Gasteiger partial charge in [-0.05, 0) is 45.4 Å². The molecule has 1 aliphatic rings. The summed E-state index contributed by atoms with van der Waals surface area (Å²) < 4.78 is 0. The van der Waals surface area contributed by atoms with Crippen molar-refractivity contribution >= 4 is 17.3 Å². The Bertz CT molecular complexity index is 684. The molecule has 0 aliphatic carbocycles. The summed E-state index contributed by atoms with van der Waals surface area (Å²) >= 11 is 0. The van der Waals surface area contributed by atoms with Crippen LogP contribution >= 0.6 is 0 Å². The van der Waals surface area contributed by atoms with Crippen LogP contribution in [0.5, 0.6) is 0 Å². The van der Waals surface area contributed by atoms with Crippen LogP contribution in [-0.4, -0.2) is 41.7 Å². The number of aryl methyl sites for hydroxylation is 1. The number of benzene rings is 1. The molecule has 0 saturated carbocycles. The fourth-order valence-corrected chi connectivity index (χ4v) is 2.99. The minimum absolute atomic E-state index is 0.00447. The number of anilines is 3. The summed E-state index contributed by atoms with van der Waals surface area (Å²) in [7, 11) is 0. The van der Waals surface area contributed by atoms with E-state index in [1.54, 1.807) is 6.33 Å². The SMILES string of the molecule is Cc1cccc(N2CCN(c3cc(NC(C)(C)C)ncn3)CC2)c1. The maximum atomic E-state index is 4.46. The van der Waals surface area contributed by atoms with Gasteiger partial charge in [0.1, 0.15) is 18.0 Å². The first-order valence-electron chi connectivity index (χ1n) is 8.57.